The van der Waals surface area contributed by atoms with Gasteiger partial charge >= 0.3 is 0 Å². The van der Waals surface area contributed by atoms with Crippen LogP contribution in [-0.2, 0) is 7.05 Å². The summed E-state index contributed by atoms with van der Waals surface area (Å²) >= 11 is 0. The lowest BCUT2D eigenvalue weighted by Gasteiger charge is -2.32. The molecule has 0 radical (unpaired) electrons. The molecule has 2 heterocycles. The summed E-state index contributed by atoms with van der Waals surface area (Å²) in [6, 6.07) is 3.76. The molecule has 15 heavy (non-hydrogen) atoms. The average molecular weight is 206 g/mol. The van der Waals surface area contributed by atoms with Gasteiger partial charge in [-0.15, -0.1) is 0 Å². The van der Waals surface area contributed by atoms with Gasteiger partial charge in [-0.05, 0) is 24.8 Å². The van der Waals surface area contributed by atoms with Crippen molar-refractivity contribution in [1.29, 1.82) is 0 Å². The summed E-state index contributed by atoms with van der Waals surface area (Å²) in [6.07, 6.45) is 4.31. The molecule has 82 valence electrons. The van der Waals surface area contributed by atoms with E-state index in [2.05, 4.69) is 11.8 Å². The Morgan fingerprint density at radius 3 is 2.60 bits per heavy atom. The molecule has 0 atom stereocenters. The lowest BCUT2D eigenvalue weighted by molar-refractivity contribution is 0.438. The van der Waals surface area contributed by atoms with Crippen molar-refractivity contribution in [2.45, 2.75) is 19.8 Å². The summed E-state index contributed by atoms with van der Waals surface area (Å²) in [5.74, 6) is 0.827. The smallest absolute Gasteiger partial charge is 0.252 e. The third-order valence-electron chi connectivity index (χ3n) is 3.24. The molecule has 1 aliphatic rings. The first-order valence-electron chi connectivity index (χ1n) is 5.58. The van der Waals surface area contributed by atoms with Crippen molar-refractivity contribution >= 4 is 5.69 Å². The van der Waals surface area contributed by atoms with E-state index in [0.29, 0.717) is 0 Å². The Morgan fingerprint density at radius 1 is 1.33 bits per heavy atom. The zero-order valence-corrected chi connectivity index (χ0v) is 9.44. The van der Waals surface area contributed by atoms with Crippen LogP contribution in [0.1, 0.15) is 19.8 Å². The minimum Gasteiger partial charge on any atom is -0.371 e. The van der Waals surface area contributed by atoms with E-state index in [1.54, 1.807) is 17.7 Å². The zero-order valence-electron chi connectivity index (χ0n) is 9.44. The standard InChI is InChI=1S/C12H18N2O/c1-10-3-7-14(8-4-10)11-5-6-13(2)12(15)9-11/h5-6,9-10H,3-4,7-8H2,1-2H3. The largest absolute Gasteiger partial charge is 0.371 e. The lowest BCUT2D eigenvalue weighted by Crippen LogP contribution is -2.33. The van der Waals surface area contributed by atoms with Gasteiger partial charge in [0.05, 0.1) is 0 Å². The highest BCUT2D eigenvalue weighted by Gasteiger charge is 2.16. The molecule has 1 aromatic heterocycles. The Hall–Kier alpha value is -1.25. The number of hydrogen-bond acceptors (Lipinski definition) is 2. The van der Waals surface area contributed by atoms with Crippen molar-refractivity contribution < 1.29 is 0 Å². The topological polar surface area (TPSA) is 25.2 Å². The predicted molar refractivity (Wildman–Crippen MR) is 62.3 cm³/mol. The molecule has 0 saturated carbocycles. The number of aryl methyl sites for hydroxylation is 1. The predicted octanol–water partition coefficient (Wildman–Crippen LogP) is 1.62. The van der Waals surface area contributed by atoms with Crippen LogP contribution in [0.3, 0.4) is 0 Å². The van der Waals surface area contributed by atoms with Crippen molar-refractivity contribution in [2.24, 2.45) is 13.0 Å². The number of anilines is 1. The van der Waals surface area contributed by atoms with Crippen LogP contribution in [0.5, 0.6) is 0 Å². The Kier molecular flexibility index (Phi) is 2.80. The van der Waals surface area contributed by atoms with Crippen LogP contribution in [0.15, 0.2) is 23.1 Å². The van der Waals surface area contributed by atoms with E-state index in [0.717, 1.165) is 24.7 Å². The Morgan fingerprint density at radius 2 is 2.00 bits per heavy atom. The van der Waals surface area contributed by atoms with Crippen molar-refractivity contribution in [1.82, 2.24) is 4.57 Å². The molecule has 3 nitrogen and oxygen atoms in total. The minimum absolute atomic E-state index is 0.0751. The van der Waals surface area contributed by atoms with Gasteiger partial charge in [-0.3, -0.25) is 4.79 Å². The first-order valence-corrected chi connectivity index (χ1v) is 5.58. The molecule has 0 unspecified atom stereocenters. The van der Waals surface area contributed by atoms with Crippen molar-refractivity contribution in [3.05, 3.63) is 28.7 Å². The fourth-order valence-corrected chi connectivity index (χ4v) is 2.00. The van der Waals surface area contributed by atoms with E-state index < -0.39 is 0 Å². The Bertz CT molecular complexity index is 389. The number of nitrogens with zero attached hydrogens (tertiary/aromatic N) is 2. The fraction of sp³-hybridized carbons (Fsp3) is 0.583. The van der Waals surface area contributed by atoms with Crippen molar-refractivity contribution in [3.63, 3.8) is 0 Å². The summed E-state index contributed by atoms with van der Waals surface area (Å²) in [5.41, 5.74) is 1.15. The normalized spacial score (nSPS) is 18.1. The van der Waals surface area contributed by atoms with Gasteiger partial charge in [0.1, 0.15) is 0 Å². The molecule has 0 aliphatic carbocycles. The summed E-state index contributed by atoms with van der Waals surface area (Å²) in [6.45, 7) is 4.45. The van der Waals surface area contributed by atoms with Crippen LogP contribution in [0.2, 0.25) is 0 Å². The molecule has 1 aromatic rings. The molecule has 0 N–H and O–H groups in total. The molecular formula is C12H18N2O. The number of pyridine rings is 1. The SMILES string of the molecule is CC1CCN(c2ccn(C)c(=O)c2)CC1. The lowest BCUT2D eigenvalue weighted by atomic mass is 9.99. The second-order valence-electron chi connectivity index (χ2n) is 4.50. The minimum atomic E-state index is 0.0751. The summed E-state index contributed by atoms with van der Waals surface area (Å²) in [4.78, 5) is 13.8. The molecule has 0 bridgehead atoms. The third kappa shape index (κ3) is 2.22. The van der Waals surface area contributed by atoms with Gasteiger partial charge in [-0.25, -0.2) is 0 Å². The first-order chi connectivity index (χ1) is 7.16. The van der Waals surface area contributed by atoms with Gasteiger partial charge in [0.2, 0.25) is 0 Å². The van der Waals surface area contributed by atoms with E-state index in [-0.39, 0.29) is 5.56 Å². The van der Waals surface area contributed by atoms with Gasteiger partial charge in [0.15, 0.2) is 0 Å². The molecule has 1 fully saturated rings. The Balaban J connectivity index is 2.16. The first kappa shape index (κ1) is 10.3. The molecule has 2 rings (SSSR count). The summed E-state index contributed by atoms with van der Waals surface area (Å²) in [5, 5.41) is 0. The monoisotopic (exact) mass is 206 g/mol. The molecule has 0 spiro atoms. The van der Waals surface area contributed by atoms with Gasteiger partial charge in [0.25, 0.3) is 5.56 Å². The zero-order chi connectivity index (χ0) is 10.8. The number of aromatic nitrogens is 1. The van der Waals surface area contributed by atoms with Crippen LogP contribution in [0.4, 0.5) is 5.69 Å². The fourth-order valence-electron chi connectivity index (χ4n) is 2.00. The third-order valence-corrected chi connectivity index (χ3v) is 3.24. The number of piperidine rings is 1. The molecule has 0 aromatic carbocycles. The highest BCUT2D eigenvalue weighted by atomic mass is 16.1. The maximum atomic E-state index is 11.5. The van der Waals surface area contributed by atoms with Crippen LogP contribution < -0.4 is 10.5 Å². The van der Waals surface area contributed by atoms with E-state index in [4.69, 9.17) is 0 Å². The second kappa shape index (κ2) is 4.09. The van der Waals surface area contributed by atoms with Gasteiger partial charge in [0, 0.05) is 38.1 Å². The van der Waals surface area contributed by atoms with E-state index >= 15 is 0 Å². The van der Waals surface area contributed by atoms with E-state index in [1.807, 2.05) is 12.3 Å². The maximum Gasteiger partial charge on any atom is 0.252 e. The van der Waals surface area contributed by atoms with Crippen molar-refractivity contribution in [2.75, 3.05) is 18.0 Å². The summed E-state index contributed by atoms with van der Waals surface area (Å²) < 4.78 is 1.61. The molecular weight excluding hydrogens is 188 g/mol. The van der Waals surface area contributed by atoms with Crippen LogP contribution >= 0.6 is 0 Å². The van der Waals surface area contributed by atoms with E-state index in [9.17, 15) is 4.79 Å². The highest BCUT2D eigenvalue weighted by Crippen LogP contribution is 2.21. The highest BCUT2D eigenvalue weighted by molar-refractivity contribution is 5.45. The summed E-state index contributed by atoms with van der Waals surface area (Å²) in [7, 11) is 1.78. The van der Waals surface area contributed by atoms with Gasteiger partial charge in [-0.1, -0.05) is 6.92 Å². The van der Waals surface area contributed by atoms with Gasteiger partial charge in [-0.2, -0.15) is 0 Å². The number of hydrogen-bond donors (Lipinski definition) is 0. The van der Waals surface area contributed by atoms with Crippen LogP contribution in [-0.4, -0.2) is 17.7 Å². The van der Waals surface area contributed by atoms with E-state index in [1.165, 1.54) is 12.8 Å². The molecule has 1 aliphatic heterocycles. The number of rotatable bonds is 1. The van der Waals surface area contributed by atoms with Crippen LogP contribution in [0.25, 0.3) is 0 Å². The average Bonchev–Trinajstić information content (AvgIpc) is 2.23. The van der Waals surface area contributed by atoms with Gasteiger partial charge < -0.3 is 9.47 Å². The second-order valence-corrected chi connectivity index (χ2v) is 4.50. The van der Waals surface area contributed by atoms with Crippen molar-refractivity contribution in [3.8, 4) is 0 Å². The maximum absolute atomic E-state index is 11.5. The Labute approximate surface area is 90.3 Å². The molecule has 3 heteroatoms. The quantitative estimate of drug-likeness (QED) is 0.697. The van der Waals surface area contributed by atoms with Crippen LogP contribution in [0, 0.1) is 5.92 Å². The molecule has 1 saturated heterocycles. The molecule has 0 amide bonds.